The van der Waals surface area contributed by atoms with Crippen molar-refractivity contribution < 1.29 is 9.90 Å². The van der Waals surface area contributed by atoms with Gasteiger partial charge in [-0.05, 0) is 13.8 Å². The zero-order valence-corrected chi connectivity index (χ0v) is 6.29. The molecule has 0 bridgehead atoms. The fourth-order valence-corrected chi connectivity index (χ4v) is 0.420. The lowest BCUT2D eigenvalue weighted by atomic mass is 10.3. The van der Waals surface area contributed by atoms with Gasteiger partial charge in [-0.3, -0.25) is 4.79 Å². The summed E-state index contributed by atoms with van der Waals surface area (Å²) in [6, 6.07) is -0.715. The highest BCUT2D eigenvalue weighted by Crippen LogP contribution is 1.80. The van der Waals surface area contributed by atoms with Crippen LogP contribution < -0.4 is 11.1 Å². The predicted molar refractivity (Wildman–Crippen MR) is 38.3 cm³/mol. The zero-order chi connectivity index (χ0) is 8.15. The Morgan fingerprint density at radius 2 is 2.20 bits per heavy atom. The summed E-state index contributed by atoms with van der Waals surface area (Å²) in [5.74, 6) is -0.235. The minimum absolute atomic E-state index is 0.0571. The summed E-state index contributed by atoms with van der Waals surface area (Å²) in [5, 5.41) is 11.0. The van der Waals surface area contributed by atoms with E-state index >= 15 is 0 Å². The van der Waals surface area contributed by atoms with Crippen molar-refractivity contribution in [3.8, 4) is 0 Å². The van der Waals surface area contributed by atoms with Crippen molar-refractivity contribution in [1.29, 1.82) is 0 Å². The summed E-state index contributed by atoms with van der Waals surface area (Å²) in [5.41, 5.74) is 5.25. The quantitative estimate of drug-likeness (QED) is 0.469. The summed E-state index contributed by atoms with van der Waals surface area (Å²) < 4.78 is 0. The van der Waals surface area contributed by atoms with E-state index in [0.717, 1.165) is 0 Å². The van der Waals surface area contributed by atoms with E-state index in [2.05, 4.69) is 5.32 Å². The fourth-order valence-electron chi connectivity index (χ4n) is 0.420. The summed E-state index contributed by atoms with van der Waals surface area (Å²) in [4.78, 5) is 10.8. The van der Waals surface area contributed by atoms with Gasteiger partial charge in [0.1, 0.15) is 0 Å². The number of rotatable bonds is 3. The molecular formula is C6H14N2O2. The number of nitrogens with two attached hydrogens (primary N) is 1. The van der Waals surface area contributed by atoms with E-state index < -0.39 is 6.04 Å². The SMILES string of the molecule is CC(N)C(=O)N[C@@H](C)CO. The normalized spacial score (nSPS) is 16.0. The molecule has 1 amide bonds. The first-order chi connectivity index (χ1) is 4.57. The molecular weight excluding hydrogens is 132 g/mol. The molecule has 0 fully saturated rings. The number of hydrogen-bond donors (Lipinski definition) is 3. The van der Waals surface area contributed by atoms with Crippen molar-refractivity contribution in [3.63, 3.8) is 0 Å². The highest BCUT2D eigenvalue weighted by molar-refractivity contribution is 5.81. The topological polar surface area (TPSA) is 75.4 Å². The molecule has 0 saturated carbocycles. The van der Waals surface area contributed by atoms with Gasteiger partial charge in [0.05, 0.1) is 12.6 Å². The van der Waals surface area contributed by atoms with Gasteiger partial charge in [-0.1, -0.05) is 0 Å². The standard InChI is InChI=1S/C6H14N2O2/c1-4(3-9)8-6(10)5(2)7/h4-5,9H,3,7H2,1-2H3,(H,8,10)/t4-,5?/m0/s1. The van der Waals surface area contributed by atoms with Crippen molar-refractivity contribution in [2.45, 2.75) is 25.9 Å². The summed E-state index contributed by atoms with van der Waals surface area (Å²) in [6.07, 6.45) is 0. The molecule has 0 aliphatic carbocycles. The van der Waals surface area contributed by atoms with Crippen molar-refractivity contribution in [1.82, 2.24) is 5.32 Å². The number of hydrogen-bond acceptors (Lipinski definition) is 3. The van der Waals surface area contributed by atoms with Crippen molar-refractivity contribution >= 4 is 5.91 Å². The monoisotopic (exact) mass is 146 g/mol. The number of amides is 1. The molecule has 60 valence electrons. The lowest BCUT2D eigenvalue weighted by Crippen LogP contribution is -2.43. The van der Waals surface area contributed by atoms with Crippen LogP contribution in [-0.4, -0.2) is 29.7 Å². The van der Waals surface area contributed by atoms with E-state index in [0.29, 0.717) is 0 Å². The third-order valence-corrected chi connectivity index (χ3v) is 1.08. The van der Waals surface area contributed by atoms with Crippen molar-refractivity contribution in [3.05, 3.63) is 0 Å². The van der Waals surface area contributed by atoms with Crippen LogP contribution in [0.1, 0.15) is 13.8 Å². The number of aliphatic hydroxyl groups is 1. The van der Waals surface area contributed by atoms with Gasteiger partial charge in [0.2, 0.25) is 5.91 Å². The molecule has 10 heavy (non-hydrogen) atoms. The number of carbonyl (C=O) groups excluding carboxylic acids is 1. The van der Waals surface area contributed by atoms with Gasteiger partial charge in [-0.2, -0.15) is 0 Å². The molecule has 1 unspecified atom stereocenters. The van der Waals surface area contributed by atoms with Gasteiger partial charge < -0.3 is 16.2 Å². The van der Waals surface area contributed by atoms with Gasteiger partial charge in [0.25, 0.3) is 0 Å². The van der Waals surface area contributed by atoms with Crippen molar-refractivity contribution in [2.24, 2.45) is 5.73 Å². The minimum atomic E-state index is -0.506. The molecule has 0 rings (SSSR count). The lowest BCUT2D eigenvalue weighted by Gasteiger charge is -2.12. The maximum atomic E-state index is 10.8. The average molecular weight is 146 g/mol. The van der Waals surface area contributed by atoms with E-state index in [1.54, 1.807) is 13.8 Å². The van der Waals surface area contributed by atoms with E-state index in [1.165, 1.54) is 0 Å². The number of carbonyl (C=O) groups is 1. The number of nitrogens with one attached hydrogen (secondary N) is 1. The van der Waals surface area contributed by atoms with Crippen LogP contribution in [0.5, 0.6) is 0 Å². The van der Waals surface area contributed by atoms with Crippen LogP contribution in [0.4, 0.5) is 0 Å². The summed E-state index contributed by atoms with van der Waals surface area (Å²) >= 11 is 0. The fraction of sp³-hybridized carbons (Fsp3) is 0.833. The van der Waals surface area contributed by atoms with Crippen LogP contribution in [0.15, 0.2) is 0 Å². The second-order valence-electron chi connectivity index (χ2n) is 2.38. The molecule has 0 heterocycles. The Kier molecular flexibility index (Phi) is 3.99. The lowest BCUT2D eigenvalue weighted by molar-refractivity contribution is -0.122. The highest BCUT2D eigenvalue weighted by atomic mass is 16.3. The van der Waals surface area contributed by atoms with Crippen molar-refractivity contribution in [2.75, 3.05) is 6.61 Å². The van der Waals surface area contributed by atoms with Gasteiger partial charge >= 0.3 is 0 Å². The number of aliphatic hydroxyl groups excluding tert-OH is 1. The minimum Gasteiger partial charge on any atom is -0.394 e. The third kappa shape index (κ3) is 3.42. The first kappa shape index (κ1) is 9.39. The van der Waals surface area contributed by atoms with E-state index in [-0.39, 0.29) is 18.6 Å². The summed E-state index contributed by atoms with van der Waals surface area (Å²) in [7, 11) is 0. The molecule has 0 aliphatic heterocycles. The van der Waals surface area contributed by atoms with Gasteiger partial charge in [0.15, 0.2) is 0 Å². The molecule has 2 atom stereocenters. The van der Waals surface area contributed by atoms with Crippen LogP contribution in [0.25, 0.3) is 0 Å². The van der Waals surface area contributed by atoms with Crippen LogP contribution in [0.2, 0.25) is 0 Å². The molecule has 0 aromatic rings. The van der Waals surface area contributed by atoms with E-state index in [1.807, 2.05) is 0 Å². The van der Waals surface area contributed by atoms with E-state index in [9.17, 15) is 4.79 Å². The smallest absolute Gasteiger partial charge is 0.236 e. The first-order valence-electron chi connectivity index (χ1n) is 3.24. The largest absolute Gasteiger partial charge is 0.394 e. The molecule has 4 heteroatoms. The van der Waals surface area contributed by atoms with Crippen LogP contribution in [-0.2, 0) is 4.79 Å². The van der Waals surface area contributed by atoms with Crippen LogP contribution in [0.3, 0.4) is 0 Å². The molecule has 0 aromatic heterocycles. The Labute approximate surface area is 60.4 Å². The Balaban J connectivity index is 3.57. The summed E-state index contributed by atoms with van der Waals surface area (Å²) in [6.45, 7) is 3.25. The molecule has 0 aliphatic rings. The Bertz CT molecular complexity index is 114. The molecule has 4 N–H and O–H groups in total. The highest BCUT2D eigenvalue weighted by Gasteiger charge is 2.09. The molecule has 0 radical (unpaired) electrons. The Morgan fingerprint density at radius 3 is 2.50 bits per heavy atom. The Morgan fingerprint density at radius 1 is 1.70 bits per heavy atom. The molecule has 0 aromatic carbocycles. The van der Waals surface area contributed by atoms with Gasteiger partial charge in [-0.25, -0.2) is 0 Å². The average Bonchev–Trinajstić information content (AvgIpc) is 1.87. The Hall–Kier alpha value is -0.610. The molecule has 0 spiro atoms. The first-order valence-corrected chi connectivity index (χ1v) is 3.24. The van der Waals surface area contributed by atoms with E-state index in [4.69, 9.17) is 10.8 Å². The molecule has 4 nitrogen and oxygen atoms in total. The van der Waals surface area contributed by atoms with Gasteiger partial charge in [0, 0.05) is 6.04 Å². The van der Waals surface area contributed by atoms with Crippen LogP contribution >= 0.6 is 0 Å². The second kappa shape index (κ2) is 4.24. The van der Waals surface area contributed by atoms with Crippen LogP contribution in [0, 0.1) is 0 Å². The maximum absolute atomic E-state index is 10.8. The maximum Gasteiger partial charge on any atom is 0.236 e. The van der Waals surface area contributed by atoms with Gasteiger partial charge in [-0.15, -0.1) is 0 Å². The second-order valence-corrected chi connectivity index (χ2v) is 2.38. The third-order valence-electron chi connectivity index (χ3n) is 1.08. The molecule has 0 saturated heterocycles. The zero-order valence-electron chi connectivity index (χ0n) is 6.29. The predicted octanol–water partition coefficient (Wildman–Crippen LogP) is -1.17.